The molecule has 35 heavy (non-hydrogen) atoms. The van der Waals surface area contributed by atoms with Crippen molar-refractivity contribution in [3.8, 4) is 0 Å². The van der Waals surface area contributed by atoms with Crippen molar-refractivity contribution in [2.75, 3.05) is 24.8 Å². The minimum absolute atomic E-state index is 0.408. The third-order valence-electron chi connectivity index (χ3n) is 6.06. The van der Waals surface area contributed by atoms with Crippen LogP contribution in [0.3, 0.4) is 0 Å². The summed E-state index contributed by atoms with van der Waals surface area (Å²) in [5.74, 6) is -1.12. The molecule has 0 spiro atoms. The summed E-state index contributed by atoms with van der Waals surface area (Å²) in [5, 5.41) is 46.9. The number of amides is 2. The standard InChI is InChI=1S/C22H33N3O10/c1-9-14(24-10(2)27)18(15(28)13(8-26)33-9)34-22-17(30)16(29)19(32-3)20(35-22)21(31)25-12-6-4-11(23)5-7-12/h4-7,9,13-20,22,26,28-30H,8,23H2,1-3H3,(H,24,27)(H,25,31)/t9?,13?,14?,15-,16-,17?,18-,19+,20?,22-/m1/s1. The van der Waals surface area contributed by atoms with Gasteiger partial charge in [-0.3, -0.25) is 9.59 Å². The molecule has 196 valence electrons. The van der Waals surface area contributed by atoms with E-state index in [1.807, 2.05) is 0 Å². The van der Waals surface area contributed by atoms with E-state index in [0.29, 0.717) is 11.4 Å². The first-order valence-electron chi connectivity index (χ1n) is 11.1. The molecule has 2 amide bonds. The van der Waals surface area contributed by atoms with Crippen LogP contribution >= 0.6 is 0 Å². The maximum Gasteiger partial charge on any atom is 0.256 e. The SMILES string of the molecule is CO[C@@H]1C(C(=O)Nc2ccc(N)cc2)O[C@@H](O[C@@H]2C(NC(C)=O)C(C)OC(CO)[C@H]2O)C(O)[C@H]1O. The fraction of sp³-hybridized carbons (Fsp3) is 0.636. The van der Waals surface area contributed by atoms with Crippen molar-refractivity contribution in [1.29, 1.82) is 0 Å². The molecule has 13 heteroatoms. The molecule has 2 aliphatic rings. The quantitative estimate of drug-likeness (QED) is 0.199. The van der Waals surface area contributed by atoms with Crippen molar-refractivity contribution < 1.29 is 49.0 Å². The Morgan fingerprint density at radius 2 is 1.71 bits per heavy atom. The van der Waals surface area contributed by atoms with Gasteiger partial charge in [0.15, 0.2) is 12.4 Å². The molecule has 2 aliphatic heterocycles. The summed E-state index contributed by atoms with van der Waals surface area (Å²) in [7, 11) is 1.25. The summed E-state index contributed by atoms with van der Waals surface area (Å²) in [6.07, 6.45) is -11.9. The number of hydrogen-bond acceptors (Lipinski definition) is 11. The molecular formula is C22H33N3O10. The molecule has 10 atom stereocenters. The third-order valence-corrected chi connectivity index (χ3v) is 6.06. The molecule has 5 unspecified atom stereocenters. The molecule has 0 saturated carbocycles. The summed E-state index contributed by atoms with van der Waals surface area (Å²) in [6.45, 7) is 2.35. The molecule has 13 nitrogen and oxygen atoms in total. The van der Waals surface area contributed by atoms with E-state index in [2.05, 4.69) is 10.6 Å². The maximum atomic E-state index is 13.0. The highest BCUT2D eigenvalue weighted by Gasteiger charge is 2.52. The van der Waals surface area contributed by atoms with E-state index < -0.39 is 79.6 Å². The van der Waals surface area contributed by atoms with E-state index in [0.717, 1.165) is 0 Å². The zero-order chi connectivity index (χ0) is 25.9. The number of rotatable bonds is 7. The number of nitrogens with two attached hydrogens (primary N) is 1. The maximum absolute atomic E-state index is 13.0. The van der Waals surface area contributed by atoms with Crippen LogP contribution in [0.2, 0.25) is 0 Å². The van der Waals surface area contributed by atoms with Crippen LogP contribution in [0.15, 0.2) is 24.3 Å². The number of nitrogen functional groups attached to an aromatic ring is 1. The molecule has 1 aromatic carbocycles. The highest BCUT2D eigenvalue weighted by molar-refractivity contribution is 5.95. The first kappa shape index (κ1) is 27.2. The minimum atomic E-state index is -1.67. The Labute approximate surface area is 202 Å². The molecule has 2 heterocycles. The van der Waals surface area contributed by atoms with Crippen LogP contribution in [0.4, 0.5) is 11.4 Å². The van der Waals surface area contributed by atoms with Crippen LogP contribution in [0.1, 0.15) is 13.8 Å². The molecule has 3 rings (SSSR count). The lowest BCUT2D eigenvalue weighted by molar-refractivity contribution is -0.325. The van der Waals surface area contributed by atoms with Gasteiger partial charge >= 0.3 is 0 Å². The smallest absolute Gasteiger partial charge is 0.256 e. The van der Waals surface area contributed by atoms with Gasteiger partial charge in [-0.15, -0.1) is 0 Å². The van der Waals surface area contributed by atoms with Crippen molar-refractivity contribution in [3.05, 3.63) is 24.3 Å². The van der Waals surface area contributed by atoms with E-state index in [9.17, 15) is 30.0 Å². The van der Waals surface area contributed by atoms with Crippen LogP contribution in [0, 0.1) is 0 Å². The van der Waals surface area contributed by atoms with Gasteiger partial charge in [-0.25, -0.2) is 0 Å². The average Bonchev–Trinajstić information content (AvgIpc) is 2.82. The topological polar surface area (TPSA) is 202 Å². The summed E-state index contributed by atoms with van der Waals surface area (Å²) >= 11 is 0. The first-order valence-corrected chi connectivity index (χ1v) is 11.1. The average molecular weight is 500 g/mol. The van der Waals surface area contributed by atoms with E-state index in [1.165, 1.54) is 14.0 Å². The Morgan fingerprint density at radius 1 is 1.06 bits per heavy atom. The van der Waals surface area contributed by atoms with Crippen molar-refractivity contribution in [2.45, 2.75) is 75.0 Å². The molecule has 1 aromatic rings. The summed E-state index contributed by atoms with van der Waals surface area (Å²) in [4.78, 5) is 24.7. The van der Waals surface area contributed by atoms with E-state index in [4.69, 9.17) is 24.7 Å². The van der Waals surface area contributed by atoms with Gasteiger partial charge in [-0.1, -0.05) is 0 Å². The molecule has 2 saturated heterocycles. The Kier molecular flexibility index (Phi) is 9.01. The summed E-state index contributed by atoms with van der Waals surface area (Å²) in [6, 6.07) is 5.43. The molecular weight excluding hydrogens is 466 g/mol. The van der Waals surface area contributed by atoms with Gasteiger partial charge in [0.25, 0.3) is 5.91 Å². The van der Waals surface area contributed by atoms with E-state index >= 15 is 0 Å². The predicted molar refractivity (Wildman–Crippen MR) is 121 cm³/mol. The molecule has 2 fully saturated rings. The van der Waals surface area contributed by atoms with Crippen molar-refractivity contribution >= 4 is 23.2 Å². The molecule has 0 aliphatic carbocycles. The number of aliphatic hydroxyl groups is 4. The summed E-state index contributed by atoms with van der Waals surface area (Å²) < 4.78 is 22.3. The Balaban J connectivity index is 1.83. The van der Waals surface area contributed by atoms with Crippen molar-refractivity contribution in [1.82, 2.24) is 5.32 Å². The zero-order valence-corrected chi connectivity index (χ0v) is 19.6. The molecule has 8 N–H and O–H groups in total. The van der Waals surface area contributed by atoms with E-state index in [1.54, 1.807) is 31.2 Å². The number of benzene rings is 1. The zero-order valence-electron chi connectivity index (χ0n) is 19.6. The number of aliphatic hydroxyl groups excluding tert-OH is 4. The number of nitrogens with one attached hydrogen (secondary N) is 2. The number of carbonyl (C=O) groups is 2. The number of hydrogen-bond donors (Lipinski definition) is 7. The van der Waals surface area contributed by atoms with Crippen LogP contribution in [-0.4, -0.2) is 107 Å². The van der Waals surface area contributed by atoms with Gasteiger partial charge in [0.1, 0.15) is 36.6 Å². The van der Waals surface area contributed by atoms with E-state index in [-0.39, 0.29) is 0 Å². The minimum Gasteiger partial charge on any atom is -0.399 e. The lowest BCUT2D eigenvalue weighted by Gasteiger charge is -2.47. The van der Waals surface area contributed by atoms with Crippen molar-refractivity contribution in [2.24, 2.45) is 0 Å². The van der Waals surface area contributed by atoms with Crippen molar-refractivity contribution in [3.63, 3.8) is 0 Å². The van der Waals surface area contributed by atoms with Crippen LogP contribution in [-0.2, 0) is 28.5 Å². The fourth-order valence-corrected chi connectivity index (χ4v) is 4.24. The second kappa shape index (κ2) is 11.6. The number of carbonyl (C=O) groups excluding carboxylic acids is 2. The second-order valence-corrected chi connectivity index (χ2v) is 8.60. The highest BCUT2D eigenvalue weighted by atomic mass is 16.7. The first-order chi connectivity index (χ1) is 16.6. The monoisotopic (exact) mass is 499 g/mol. The second-order valence-electron chi connectivity index (χ2n) is 8.60. The van der Waals surface area contributed by atoms with Gasteiger partial charge in [0.05, 0.1) is 18.8 Å². The van der Waals surface area contributed by atoms with Crippen LogP contribution in [0.5, 0.6) is 0 Å². The van der Waals surface area contributed by atoms with Gasteiger partial charge < -0.3 is 55.7 Å². The van der Waals surface area contributed by atoms with Gasteiger partial charge in [0, 0.05) is 25.4 Å². The number of ether oxygens (including phenoxy) is 4. The normalized spacial score (nSPS) is 37.5. The lowest BCUT2D eigenvalue weighted by Crippen LogP contribution is -2.67. The predicted octanol–water partition coefficient (Wildman–Crippen LogP) is -2.30. The van der Waals surface area contributed by atoms with Crippen LogP contribution in [0.25, 0.3) is 0 Å². The highest BCUT2D eigenvalue weighted by Crippen LogP contribution is 2.30. The Bertz CT molecular complexity index is 872. The summed E-state index contributed by atoms with van der Waals surface area (Å²) in [5.41, 5.74) is 6.57. The molecule has 0 radical (unpaired) electrons. The number of anilines is 2. The third kappa shape index (κ3) is 6.08. The Morgan fingerprint density at radius 3 is 2.29 bits per heavy atom. The van der Waals surface area contributed by atoms with Gasteiger partial charge in [-0.2, -0.15) is 0 Å². The lowest BCUT2D eigenvalue weighted by atomic mass is 9.92. The van der Waals surface area contributed by atoms with Crippen LogP contribution < -0.4 is 16.4 Å². The molecule has 0 aromatic heterocycles. The Hall–Kier alpha value is -2.36. The van der Waals surface area contributed by atoms with Gasteiger partial charge in [0.2, 0.25) is 5.91 Å². The fourth-order valence-electron chi connectivity index (χ4n) is 4.24. The number of methoxy groups -OCH3 is 1. The molecule has 0 bridgehead atoms. The largest absolute Gasteiger partial charge is 0.399 e. The van der Waals surface area contributed by atoms with Gasteiger partial charge in [-0.05, 0) is 31.2 Å².